The lowest BCUT2D eigenvalue weighted by atomic mass is 10.1. The molecule has 1 amide bonds. The Bertz CT molecular complexity index is 695. The summed E-state index contributed by atoms with van der Waals surface area (Å²) in [4.78, 5) is 25.1. The Kier molecular flexibility index (Phi) is 2.70. The number of benzene rings is 1. The van der Waals surface area contributed by atoms with Gasteiger partial charge in [0.15, 0.2) is 0 Å². The van der Waals surface area contributed by atoms with Gasteiger partial charge in [-0.15, -0.1) is 10.2 Å². The minimum Gasteiger partial charge on any atom is -0.424 e. The van der Waals surface area contributed by atoms with E-state index in [0.29, 0.717) is 23.0 Å². The summed E-state index contributed by atoms with van der Waals surface area (Å²) in [7, 11) is 0. The van der Waals surface area contributed by atoms with Crippen LogP contribution in [0, 0.1) is 6.92 Å². The van der Waals surface area contributed by atoms with Crippen LogP contribution in [0.3, 0.4) is 0 Å². The zero-order valence-electron chi connectivity index (χ0n) is 9.88. The zero-order valence-corrected chi connectivity index (χ0v) is 11.5. The Balaban J connectivity index is 2.01. The lowest BCUT2D eigenvalue weighted by Gasteiger charge is -2.13. The molecule has 0 aliphatic carbocycles. The highest BCUT2D eigenvalue weighted by Gasteiger charge is 2.36. The minimum atomic E-state index is -0.580. The summed E-state index contributed by atoms with van der Waals surface area (Å²) in [5.41, 5.74) is 0.949. The fraction of sp³-hybridized carbons (Fsp3) is 0.167. The van der Waals surface area contributed by atoms with Gasteiger partial charge in [0.05, 0.1) is 11.3 Å². The number of halogens is 1. The topological polar surface area (TPSA) is 76.3 Å². The second kappa shape index (κ2) is 4.27. The summed E-state index contributed by atoms with van der Waals surface area (Å²) in [5, 5.41) is 7.53. The number of anilines is 1. The Morgan fingerprint density at radius 3 is 2.79 bits per heavy atom. The number of rotatable bonds is 2. The van der Waals surface area contributed by atoms with Gasteiger partial charge < -0.3 is 4.42 Å². The molecule has 2 heterocycles. The molecule has 0 bridgehead atoms. The molecular formula is C12H8BrN3O3. The van der Waals surface area contributed by atoms with Crippen LogP contribution in [0.1, 0.15) is 22.1 Å². The van der Waals surface area contributed by atoms with Crippen molar-refractivity contribution in [2.45, 2.75) is 13.5 Å². The zero-order chi connectivity index (χ0) is 13.6. The third-order valence-electron chi connectivity index (χ3n) is 2.80. The van der Waals surface area contributed by atoms with Crippen molar-refractivity contribution < 1.29 is 14.0 Å². The van der Waals surface area contributed by atoms with E-state index in [2.05, 4.69) is 26.1 Å². The molecule has 6 nitrogen and oxygen atoms in total. The highest BCUT2D eigenvalue weighted by atomic mass is 79.9. The second-order valence-electron chi connectivity index (χ2n) is 4.10. The van der Waals surface area contributed by atoms with Crippen LogP contribution in [-0.2, 0) is 11.3 Å². The summed E-state index contributed by atoms with van der Waals surface area (Å²) in [5.74, 6) is -0.378. The molecule has 1 aliphatic rings. The lowest BCUT2D eigenvalue weighted by molar-refractivity contribution is -0.114. The number of hydrogen-bond donors (Lipinski definition) is 0. The van der Waals surface area contributed by atoms with Gasteiger partial charge in [0.25, 0.3) is 11.7 Å². The first-order valence-corrected chi connectivity index (χ1v) is 6.30. The van der Waals surface area contributed by atoms with Gasteiger partial charge in [-0.1, -0.05) is 15.9 Å². The number of carbonyl (C=O) groups excluding carboxylic acids is 2. The quantitative estimate of drug-likeness (QED) is 0.789. The second-order valence-corrected chi connectivity index (χ2v) is 5.01. The molecule has 0 atom stereocenters. The summed E-state index contributed by atoms with van der Waals surface area (Å²) in [6.45, 7) is 1.76. The van der Waals surface area contributed by atoms with E-state index in [9.17, 15) is 9.59 Å². The van der Waals surface area contributed by atoms with Crippen LogP contribution in [0.15, 0.2) is 27.1 Å². The van der Waals surface area contributed by atoms with Crippen molar-refractivity contribution in [3.05, 3.63) is 40.0 Å². The number of Topliss-reactive ketones (excluding diaryl/α,β-unsaturated/α-hetero) is 1. The van der Waals surface area contributed by atoms with Gasteiger partial charge >= 0.3 is 0 Å². The number of carbonyl (C=O) groups is 2. The van der Waals surface area contributed by atoms with Crippen molar-refractivity contribution in [1.29, 1.82) is 0 Å². The predicted molar refractivity (Wildman–Crippen MR) is 68.7 cm³/mol. The molecule has 0 saturated heterocycles. The average Bonchev–Trinajstić information content (AvgIpc) is 2.88. The van der Waals surface area contributed by atoms with Gasteiger partial charge in [-0.2, -0.15) is 0 Å². The maximum Gasteiger partial charge on any atom is 0.299 e. The first kappa shape index (κ1) is 12.0. The van der Waals surface area contributed by atoms with E-state index in [1.54, 1.807) is 25.1 Å². The molecule has 0 fully saturated rings. The summed E-state index contributed by atoms with van der Waals surface area (Å²) < 4.78 is 6.03. The number of fused-ring (bicyclic) bond motifs is 1. The van der Waals surface area contributed by atoms with Gasteiger partial charge in [-0.25, -0.2) is 0 Å². The van der Waals surface area contributed by atoms with Crippen LogP contribution < -0.4 is 4.90 Å². The van der Waals surface area contributed by atoms with Crippen molar-refractivity contribution >= 4 is 33.3 Å². The van der Waals surface area contributed by atoms with Gasteiger partial charge in [-0.05, 0) is 18.2 Å². The molecule has 1 aliphatic heterocycles. The fourth-order valence-corrected chi connectivity index (χ4v) is 2.31. The van der Waals surface area contributed by atoms with Crippen LogP contribution in [0.4, 0.5) is 5.69 Å². The van der Waals surface area contributed by atoms with Crippen molar-refractivity contribution in [3.8, 4) is 0 Å². The van der Waals surface area contributed by atoms with Crippen molar-refractivity contribution in [3.63, 3.8) is 0 Å². The molecule has 1 aromatic carbocycles. The number of amides is 1. The molecule has 7 heteroatoms. The molecule has 0 spiro atoms. The molecule has 0 saturated carbocycles. The predicted octanol–water partition coefficient (Wildman–Crippen LogP) is 1.87. The van der Waals surface area contributed by atoms with Gasteiger partial charge in [0.1, 0.15) is 6.54 Å². The Hall–Kier alpha value is -2.02. The number of aryl methyl sites for hydroxylation is 1. The van der Waals surface area contributed by atoms with Crippen molar-refractivity contribution in [2.24, 2.45) is 0 Å². The van der Waals surface area contributed by atoms with E-state index in [-0.39, 0.29) is 6.54 Å². The van der Waals surface area contributed by atoms with Gasteiger partial charge in [0, 0.05) is 11.4 Å². The summed E-state index contributed by atoms with van der Waals surface area (Å²) in [6.07, 6.45) is 0. The van der Waals surface area contributed by atoms with E-state index in [1.165, 1.54) is 4.90 Å². The van der Waals surface area contributed by atoms with E-state index in [4.69, 9.17) is 4.42 Å². The minimum absolute atomic E-state index is 0.0921. The van der Waals surface area contributed by atoms with E-state index >= 15 is 0 Å². The molecule has 0 unspecified atom stereocenters. The molecule has 0 N–H and O–H groups in total. The summed E-state index contributed by atoms with van der Waals surface area (Å²) >= 11 is 3.32. The molecule has 3 rings (SSSR count). The Morgan fingerprint density at radius 2 is 2.11 bits per heavy atom. The monoisotopic (exact) mass is 321 g/mol. The number of ketones is 1. The molecular weight excluding hydrogens is 314 g/mol. The first-order chi connectivity index (χ1) is 9.06. The molecule has 2 aromatic rings. The van der Waals surface area contributed by atoms with Crippen molar-refractivity contribution in [1.82, 2.24) is 10.2 Å². The largest absolute Gasteiger partial charge is 0.424 e. The van der Waals surface area contributed by atoms with Crippen LogP contribution in [0.5, 0.6) is 0 Å². The maximum atomic E-state index is 12.0. The lowest BCUT2D eigenvalue weighted by Crippen LogP contribution is -2.29. The fourth-order valence-electron chi connectivity index (χ4n) is 1.96. The van der Waals surface area contributed by atoms with E-state index in [0.717, 1.165) is 4.47 Å². The van der Waals surface area contributed by atoms with Crippen LogP contribution >= 0.6 is 15.9 Å². The number of aromatic nitrogens is 2. The molecule has 96 valence electrons. The number of hydrogen-bond acceptors (Lipinski definition) is 5. The first-order valence-electron chi connectivity index (χ1n) is 5.51. The van der Waals surface area contributed by atoms with Gasteiger partial charge in [-0.3, -0.25) is 14.5 Å². The van der Waals surface area contributed by atoms with Crippen LogP contribution in [0.25, 0.3) is 0 Å². The van der Waals surface area contributed by atoms with Gasteiger partial charge in [0.2, 0.25) is 11.8 Å². The average molecular weight is 322 g/mol. The third-order valence-corrected chi connectivity index (χ3v) is 3.29. The Morgan fingerprint density at radius 1 is 1.32 bits per heavy atom. The maximum absolute atomic E-state index is 12.0. The molecule has 1 aromatic heterocycles. The number of nitrogens with zero attached hydrogens (tertiary/aromatic N) is 3. The molecule has 0 radical (unpaired) electrons. The van der Waals surface area contributed by atoms with E-state index in [1.807, 2.05) is 0 Å². The third kappa shape index (κ3) is 1.95. The highest BCUT2D eigenvalue weighted by molar-refractivity contribution is 9.10. The Labute approximate surface area is 116 Å². The standard InChI is InChI=1S/C12H8BrN3O3/c1-6-14-15-10(19-6)5-16-9-4-7(13)2-3-8(9)11(17)12(16)18/h2-4H,5H2,1H3. The molecule has 19 heavy (non-hydrogen) atoms. The van der Waals surface area contributed by atoms with Crippen LogP contribution in [-0.4, -0.2) is 21.9 Å². The summed E-state index contributed by atoms with van der Waals surface area (Å²) in [6, 6.07) is 5.07. The highest BCUT2D eigenvalue weighted by Crippen LogP contribution is 2.32. The normalized spacial score (nSPS) is 14.1. The van der Waals surface area contributed by atoms with Crippen molar-refractivity contribution in [2.75, 3.05) is 4.90 Å². The SMILES string of the molecule is Cc1nnc(CN2C(=O)C(=O)c3ccc(Br)cc32)o1. The van der Waals surface area contributed by atoms with Crippen LogP contribution in [0.2, 0.25) is 0 Å². The van der Waals surface area contributed by atoms with E-state index < -0.39 is 11.7 Å². The smallest absolute Gasteiger partial charge is 0.299 e.